The van der Waals surface area contributed by atoms with Gasteiger partial charge in [0.1, 0.15) is 22.7 Å². The number of fused-ring (bicyclic) bond motifs is 1. The average Bonchev–Trinajstić information content (AvgIpc) is 3.22. The molecule has 3 aromatic rings. The third-order valence-electron chi connectivity index (χ3n) is 6.57. The number of nitrogens with one attached hydrogen (secondary N) is 1. The number of rotatable bonds is 4. The maximum atomic E-state index is 14.2. The van der Waals surface area contributed by atoms with Gasteiger partial charge in [-0.2, -0.15) is 9.78 Å². The number of aromatic nitrogens is 3. The Kier molecular flexibility index (Phi) is 5.72. The van der Waals surface area contributed by atoms with E-state index < -0.39 is 41.2 Å². The topological polar surface area (TPSA) is 127 Å². The van der Waals surface area contributed by atoms with Gasteiger partial charge in [0.15, 0.2) is 0 Å². The Morgan fingerprint density at radius 2 is 2.06 bits per heavy atom. The van der Waals surface area contributed by atoms with Crippen LogP contribution in [0.25, 0.3) is 5.69 Å². The molecule has 1 saturated heterocycles. The highest BCUT2D eigenvalue weighted by Crippen LogP contribution is 2.46. The van der Waals surface area contributed by atoms with Crippen LogP contribution in [0, 0.1) is 5.82 Å². The fourth-order valence-electron chi connectivity index (χ4n) is 4.77. The Morgan fingerprint density at radius 1 is 1.24 bits per heavy atom. The SMILES string of the molecule is O=C(Nc1cnccc1C1CC(O)C2(O)CCCC2O1)c1ccnn(-c2ccccc2F)c1=O. The quantitative estimate of drug-likeness (QED) is 0.538. The first kappa shape index (κ1) is 22.3. The summed E-state index contributed by atoms with van der Waals surface area (Å²) in [5.41, 5.74) is -1.47. The third kappa shape index (κ3) is 3.79. The zero-order valence-electron chi connectivity index (χ0n) is 18.1. The van der Waals surface area contributed by atoms with Crippen molar-refractivity contribution in [3.63, 3.8) is 0 Å². The van der Waals surface area contributed by atoms with E-state index in [1.54, 1.807) is 12.1 Å². The summed E-state index contributed by atoms with van der Waals surface area (Å²) >= 11 is 0. The first-order chi connectivity index (χ1) is 16.4. The van der Waals surface area contributed by atoms with Crippen molar-refractivity contribution in [1.29, 1.82) is 0 Å². The lowest BCUT2D eigenvalue weighted by molar-refractivity contribution is -0.215. The second-order valence-corrected chi connectivity index (χ2v) is 8.58. The summed E-state index contributed by atoms with van der Waals surface area (Å²) in [5.74, 6) is -1.37. The summed E-state index contributed by atoms with van der Waals surface area (Å²) in [6.07, 6.45) is 4.15. The first-order valence-corrected chi connectivity index (χ1v) is 11.0. The number of para-hydroxylation sites is 1. The molecular formula is C24H23FN4O5. The summed E-state index contributed by atoms with van der Waals surface area (Å²) in [4.78, 5) is 30.0. The van der Waals surface area contributed by atoms with E-state index in [2.05, 4.69) is 15.4 Å². The highest BCUT2D eigenvalue weighted by molar-refractivity contribution is 6.04. The summed E-state index contributed by atoms with van der Waals surface area (Å²) in [7, 11) is 0. The van der Waals surface area contributed by atoms with Crippen molar-refractivity contribution >= 4 is 11.6 Å². The Morgan fingerprint density at radius 3 is 2.88 bits per heavy atom. The number of aliphatic hydroxyl groups excluding tert-OH is 1. The fraction of sp³-hybridized carbons (Fsp3) is 0.333. The molecule has 1 aromatic carbocycles. The van der Waals surface area contributed by atoms with E-state index in [9.17, 15) is 24.2 Å². The van der Waals surface area contributed by atoms with Gasteiger partial charge in [0.2, 0.25) is 0 Å². The molecule has 4 unspecified atom stereocenters. The Labute approximate surface area is 193 Å². The van der Waals surface area contributed by atoms with E-state index in [0.29, 0.717) is 24.1 Å². The molecule has 4 atom stereocenters. The molecule has 2 aliphatic rings. The molecule has 5 rings (SSSR count). The minimum Gasteiger partial charge on any atom is -0.390 e. The highest BCUT2D eigenvalue weighted by Gasteiger charge is 2.52. The lowest BCUT2D eigenvalue weighted by atomic mass is 9.84. The zero-order valence-corrected chi connectivity index (χ0v) is 18.1. The molecule has 1 saturated carbocycles. The largest absolute Gasteiger partial charge is 0.390 e. The molecule has 2 fully saturated rings. The summed E-state index contributed by atoms with van der Waals surface area (Å²) in [6, 6.07) is 8.55. The maximum absolute atomic E-state index is 14.2. The lowest BCUT2D eigenvalue weighted by Crippen LogP contribution is -2.54. The molecular weight excluding hydrogens is 443 g/mol. The van der Waals surface area contributed by atoms with Crippen LogP contribution in [-0.4, -0.2) is 48.7 Å². The first-order valence-electron chi connectivity index (χ1n) is 11.0. The van der Waals surface area contributed by atoms with Crippen LogP contribution in [0.3, 0.4) is 0 Å². The second-order valence-electron chi connectivity index (χ2n) is 8.58. The van der Waals surface area contributed by atoms with Crippen LogP contribution in [0.15, 0.2) is 59.8 Å². The summed E-state index contributed by atoms with van der Waals surface area (Å²) in [6.45, 7) is 0. The molecule has 0 spiro atoms. The van der Waals surface area contributed by atoms with Crippen LogP contribution in [0.2, 0.25) is 0 Å². The number of ether oxygens (including phenoxy) is 1. The molecule has 0 radical (unpaired) electrons. The minimum atomic E-state index is -1.26. The van der Waals surface area contributed by atoms with Crippen molar-refractivity contribution in [1.82, 2.24) is 14.8 Å². The van der Waals surface area contributed by atoms with E-state index in [1.807, 2.05) is 0 Å². The van der Waals surface area contributed by atoms with Gasteiger partial charge in [0.05, 0.1) is 30.2 Å². The molecule has 3 heterocycles. The molecule has 2 aromatic heterocycles. The minimum absolute atomic E-state index is 0.0714. The van der Waals surface area contributed by atoms with Crippen LogP contribution in [0.4, 0.5) is 10.1 Å². The highest BCUT2D eigenvalue weighted by atomic mass is 19.1. The van der Waals surface area contributed by atoms with Crippen molar-refractivity contribution in [2.75, 3.05) is 5.32 Å². The molecule has 10 heteroatoms. The number of anilines is 1. The maximum Gasteiger partial charge on any atom is 0.284 e. The number of hydrogen-bond acceptors (Lipinski definition) is 7. The van der Waals surface area contributed by atoms with Crippen molar-refractivity contribution < 1.29 is 24.1 Å². The second kappa shape index (κ2) is 8.71. The van der Waals surface area contributed by atoms with Gasteiger partial charge < -0.3 is 20.3 Å². The lowest BCUT2D eigenvalue weighted by Gasteiger charge is -2.43. The monoisotopic (exact) mass is 466 g/mol. The molecule has 3 N–H and O–H groups in total. The average molecular weight is 466 g/mol. The molecule has 9 nitrogen and oxygen atoms in total. The van der Waals surface area contributed by atoms with Gasteiger partial charge >= 0.3 is 0 Å². The van der Waals surface area contributed by atoms with Crippen LogP contribution in [0.1, 0.15) is 47.7 Å². The van der Waals surface area contributed by atoms with Gasteiger partial charge in [-0.05, 0) is 43.5 Å². The van der Waals surface area contributed by atoms with Crippen LogP contribution in [0.5, 0.6) is 0 Å². The van der Waals surface area contributed by atoms with Crippen molar-refractivity contribution in [3.05, 3.63) is 82.3 Å². The van der Waals surface area contributed by atoms with Gasteiger partial charge in [-0.25, -0.2) is 4.39 Å². The van der Waals surface area contributed by atoms with Gasteiger partial charge in [-0.15, -0.1) is 0 Å². The van der Waals surface area contributed by atoms with Crippen LogP contribution in [-0.2, 0) is 4.74 Å². The number of hydrogen-bond donors (Lipinski definition) is 3. The Bertz CT molecular complexity index is 1300. The van der Waals surface area contributed by atoms with Gasteiger partial charge in [0.25, 0.3) is 11.5 Å². The van der Waals surface area contributed by atoms with Crippen molar-refractivity contribution in [2.45, 2.75) is 49.6 Å². The van der Waals surface area contributed by atoms with Gasteiger partial charge in [-0.1, -0.05) is 12.1 Å². The fourth-order valence-corrected chi connectivity index (χ4v) is 4.77. The molecule has 1 amide bonds. The van der Waals surface area contributed by atoms with E-state index in [4.69, 9.17) is 4.74 Å². The molecule has 0 bridgehead atoms. The number of amides is 1. The Balaban J connectivity index is 1.43. The molecule has 34 heavy (non-hydrogen) atoms. The Hall–Kier alpha value is -3.47. The number of carbonyl (C=O) groups excluding carboxylic acids is 1. The van der Waals surface area contributed by atoms with E-state index in [0.717, 1.165) is 11.1 Å². The smallest absolute Gasteiger partial charge is 0.284 e. The molecule has 176 valence electrons. The molecule has 1 aliphatic heterocycles. The number of halogens is 1. The number of pyridine rings is 1. The molecule has 1 aliphatic carbocycles. The number of carbonyl (C=O) groups is 1. The number of nitrogens with zero attached hydrogens (tertiary/aromatic N) is 3. The van der Waals surface area contributed by atoms with Gasteiger partial charge in [-0.3, -0.25) is 14.6 Å². The normalized spacial score (nSPS) is 26.1. The summed E-state index contributed by atoms with van der Waals surface area (Å²) < 4.78 is 21.1. The number of aliphatic hydroxyl groups is 2. The van der Waals surface area contributed by atoms with Crippen LogP contribution >= 0.6 is 0 Å². The predicted octanol–water partition coefficient (Wildman–Crippen LogP) is 2.12. The third-order valence-corrected chi connectivity index (χ3v) is 6.57. The van der Waals surface area contributed by atoms with Crippen LogP contribution < -0.4 is 10.9 Å². The predicted molar refractivity (Wildman–Crippen MR) is 119 cm³/mol. The van der Waals surface area contributed by atoms with Crippen molar-refractivity contribution in [3.8, 4) is 5.69 Å². The summed E-state index contributed by atoms with van der Waals surface area (Å²) in [5, 5.41) is 27.9. The zero-order chi connectivity index (χ0) is 23.9. The van der Waals surface area contributed by atoms with Gasteiger partial charge in [0, 0.05) is 24.4 Å². The van der Waals surface area contributed by atoms with E-state index >= 15 is 0 Å². The van der Waals surface area contributed by atoms with E-state index in [1.165, 1.54) is 42.9 Å². The van der Waals surface area contributed by atoms with E-state index in [-0.39, 0.29) is 17.7 Å². The van der Waals surface area contributed by atoms with Crippen molar-refractivity contribution in [2.24, 2.45) is 0 Å². The standard InChI is InChI=1S/C24H23FN4O5/c25-16-4-1-2-5-18(16)29-23(32)15(8-11-27-29)22(31)28-17-13-26-10-7-14(17)19-12-20(30)24(33)9-3-6-21(24)34-19/h1-2,4-5,7-8,10-11,13,19-21,30,33H,3,6,9,12H2,(H,28,31). The number of benzene rings is 1.